The van der Waals surface area contributed by atoms with Crippen LogP contribution in [-0.2, 0) is 0 Å². The van der Waals surface area contributed by atoms with E-state index in [2.05, 4.69) is 10.3 Å². The predicted octanol–water partition coefficient (Wildman–Crippen LogP) is 4.07. The highest BCUT2D eigenvalue weighted by Gasteiger charge is 2.41. The lowest BCUT2D eigenvalue weighted by Gasteiger charge is -2.17. The number of benzene rings is 1. The van der Waals surface area contributed by atoms with Crippen molar-refractivity contribution >= 4 is 39.8 Å². The normalized spacial score (nSPS) is 17.1. The van der Waals surface area contributed by atoms with Crippen LogP contribution in [-0.4, -0.2) is 16.4 Å². The SMILES string of the molecule is ClCC1(Nc2ccnc3cc(Cl)ccc23)CC1. The summed E-state index contributed by atoms with van der Waals surface area (Å²) in [7, 11) is 0. The summed E-state index contributed by atoms with van der Waals surface area (Å²) in [6.45, 7) is 0. The van der Waals surface area contributed by atoms with E-state index in [1.165, 1.54) is 0 Å². The zero-order valence-electron chi connectivity index (χ0n) is 9.21. The Bertz CT molecular complexity index is 564. The van der Waals surface area contributed by atoms with Gasteiger partial charge in [-0.1, -0.05) is 11.6 Å². The maximum absolute atomic E-state index is 5.98. The monoisotopic (exact) mass is 266 g/mol. The van der Waals surface area contributed by atoms with Crippen LogP contribution in [0, 0.1) is 0 Å². The fourth-order valence-corrected chi connectivity index (χ4v) is 2.46. The van der Waals surface area contributed by atoms with Crippen molar-refractivity contribution in [2.45, 2.75) is 18.4 Å². The van der Waals surface area contributed by atoms with Gasteiger partial charge < -0.3 is 5.32 Å². The van der Waals surface area contributed by atoms with Crippen molar-refractivity contribution < 1.29 is 0 Å². The number of alkyl halides is 1. The summed E-state index contributed by atoms with van der Waals surface area (Å²) in [6.07, 6.45) is 4.06. The molecule has 2 nitrogen and oxygen atoms in total. The highest BCUT2D eigenvalue weighted by Crippen LogP contribution is 2.41. The van der Waals surface area contributed by atoms with Gasteiger partial charge in [-0.15, -0.1) is 11.6 Å². The molecule has 0 atom stereocenters. The van der Waals surface area contributed by atoms with Crippen molar-refractivity contribution in [2.75, 3.05) is 11.2 Å². The first-order valence-corrected chi connectivity index (χ1v) is 6.52. The third-order valence-electron chi connectivity index (χ3n) is 3.21. The van der Waals surface area contributed by atoms with Crippen molar-refractivity contribution in [1.29, 1.82) is 0 Å². The number of hydrogen-bond acceptors (Lipinski definition) is 2. The summed E-state index contributed by atoms with van der Waals surface area (Å²) < 4.78 is 0. The van der Waals surface area contributed by atoms with Crippen LogP contribution in [0.3, 0.4) is 0 Å². The third kappa shape index (κ3) is 2.07. The van der Waals surface area contributed by atoms with Gasteiger partial charge in [0, 0.05) is 28.2 Å². The van der Waals surface area contributed by atoms with Crippen LogP contribution in [0.25, 0.3) is 10.9 Å². The minimum absolute atomic E-state index is 0.0927. The van der Waals surface area contributed by atoms with Crippen LogP contribution in [0.15, 0.2) is 30.5 Å². The van der Waals surface area contributed by atoms with Crippen molar-refractivity contribution in [2.24, 2.45) is 0 Å². The summed E-state index contributed by atoms with van der Waals surface area (Å²) >= 11 is 11.9. The molecule has 1 heterocycles. The lowest BCUT2D eigenvalue weighted by atomic mass is 10.1. The Morgan fingerprint density at radius 1 is 1.29 bits per heavy atom. The molecule has 0 bridgehead atoms. The van der Waals surface area contributed by atoms with Crippen molar-refractivity contribution in [3.63, 3.8) is 0 Å². The predicted molar refractivity (Wildman–Crippen MR) is 73.1 cm³/mol. The number of pyridine rings is 1. The Balaban J connectivity index is 2.04. The molecule has 1 aromatic carbocycles. The molecule has 1 fully saturated rings. The number of halogens is 2. The molecule has 88 valence electrons. The number of hydrogen-bond donors (Lipinski definition) is 1. The van der Waals surface area contributed by atoms with Gasteiger partial charge >= 0.3 is 0 Å². The number of fused-ring (bicyclic) bond motifs is 1. The number of nitrogens with one attached hydrogen (secondary N) is 1. The Hall–Kier alpha value is -0.990. The second kappa shape index (κ2) is 4.04. The lowest BCUT2D eigenvalue weighted by Crippen LogP contribution is -2.23. The highest BCUT2D eigenvalue weighted by molar-refractivity contribution is 6.31. The Morgan fingerprint density at radius 3 is 2.82 bits per heavy atom. The third-order valence-corrected chi connectivity index (χ3v) is 3.96. The average molecular weight is 267 g/mol. The molecule has 1 aliphatic carbocycles. The summed E-state index contributed by atoms with van der Waals surface area (Å²) in [4.78, 5) is 4.32. The Labute approximate surface area is 110 Å². The van der Waals surface area contributed by atoms with Gasteiger partial charge in [0.1, 0.15) is 0 Å². The van der Waals surface area contributed by atoms with E-state index in [0.717, 1.165) is 29.4 Å². The van der Waals surface area contributed by atoms with Gasteiger partial charge in [-0.3, -0.25) is 4.98 Å². The first-order chi connectivity index (χ1) is 8.22. The van der Waals surface area contributed by atoms with E-state index in [-0.39, 0.29) is 5.54 Å². The molecule has 1 aliphatic rings. The molecule has 0 amide bonds. The standard InChI is InChI=1S/C13H12Cl2N2/c14-8-13(4-5-13)17-11-3-6-16-12-7-9(15)1-2-10(11)12/h1-3,6-7H,4-5,8H2,(H,16,17). The molecule has 3 rings (SSSR count). The molecule has 0 aliphatic heterocycles. The van der Waals surface area contributed by atoms with E-state index < -0.39 is 0 Å². The molecule has 2 aromatic rings. The van der Waals surface area contributed by atoms with E-state index in [9.17, 15) is 0 Å². The quantitative estimate of drug-likeness (QED) is 0.848. The van der Waals surface area contributed by atoms with E-state index in [1.807, 2.05) is 24.3 Å². The highest BCUT2D eigenvalue weighted by atomic mass is 35.5. The van der Waals surface area contributed by atoms with Crippen molar-refractivity contribution in [1.82, 2.24) is 4.98 Å². The van der Waals surface area contributed by atoms with Gasteiger partial charge in [0.2, 0.25) is 0 Å². The molecule has 17 heavy (non-hydrogen) atoms. The molecule has 1 saturated carbocycles. The van der Waals surface area contributed by atoms with Gasteiger partial charge in [-0.2, -0.15) is 0 Å². The fourth-order valence-electron chi connectivity index (χ4n) is 1.96. The minimum Gasteiger partial charge on any atom is -0.378 e. The smallest absolute Gasteiger partial charge is 0.0737 e. The number of nitrogens with zero attached hydrogens (tertiary/aromatic N) is 1. The van der Waals surface area contributed by atoms with Crippen molar-refractivity contribution in [3.8, 4) is 0 Å². The van der Waals surface area contributed by atoms with Crippen LogP contribution in [0.1, 0.15) is 12.8 Å². The maximum atomic E-state index is 5.98. The van der Waals surface area contributed by atoms with E-state index in [1.54, 1.807) is 6.20 Å². The molecule has 1 aromatic heterocycles. The molecule has 1 N–H and O–H groups in total. The summed E-state index contributed by atoms with van der Waals surface area (Å²) in [5.41, 5.74) is 2.09. The van der Waals surface area contributed by atoms with Gasteiger partial charge in [0.05, 0.1) is 11.1 Å². The Kier molecular flexibility index (Phi) is 2.64. The molecule has 0 radical (unpaired) electrons. The molecular formula is C13H12Cl2N2. The average Bonchev–Trinajstić information content (AvgIpc) is 3.09. The largest absolute Gasteiger partial charge is 0.378 e. The summed E-state index contributed by atoms with van der Waals surface area (Å²) in [5.74, 6) is 0.643. The van der Waals surface area contributed by atoms with E-state index >= 15 is 0 Å². The summed E-state index contributed by atoms with van der Waals surface area (Å²) in [6, 6.07) is 7.75. The molecule has 0 unspecified atom stereocenters. The van der Waals surface area contributed by atoms with Crippen LogP contribution in [0.5, 0.6) is 0 Å². The Morgan fingerprint density at radius 2 is 2.12 bits per heavy atom. The van der Waals surface area contributed by atoms with E-state index in [4.69, 9.17) is 23.2 Å². The van der Waals surface area contributed by atoms with Gasteiger partial charge in [-0.05, 0) is 37.1 Å². The number of rotatable bonds is 3. The first kappa shape index (κ1) is 11.1. The molecule has 0 saturated heterocycles. The lowest BCUT2D eigenvalue weighted by molar-refractivity contribution is 0.840. The van der Waals surface area contributed by atoms with Crippen LogP contribution >= 0.6 is 23.2 Å². The fraction of sp³-hybridized carbons (Fsp3) is 0.308. The van der Waals surface area contributed by atoms with Gasteiger partial charge in [-0.25, -0.2) is 0 Å². The zero-order valence-corrected chi connectivity index (χ0v) is 10.7. The molecule has 4 heteroatoms. The molecular weight excluding hydrogens is 255 g/mol. The van der Waals surface area contributed by atoms with Crippen LogP contribution < -0.4 is 5.32 Å². The van der Waals surface area contributed by atoms with E-state index in [0.29, 0.717) is 10.9 Å². The van der Waals surface area contributed by atoms with Crippen LogP contribution in [0.2, 0.25) is 5.02 Å². The zero-order chi connectivity index (χ0) is 11.9. The van der Waals surface area contributed by atoms with Gasteiger partial charge in [0.25, 0.3) is 0 Å². The maximum Gasteiger partial charge on any atom is 0.0737 e. The minimum atomic E-state index is 0.0927. The second-order valence-electron chi connectivity index (χ2n) is 4.56. The van der Waals surface area contributed by atoms with Gasteiger partial charge in [0.15, 0.2) is 0 Å². The van der Waals surface area contributed by atoms with Crippen molar-refractivity contribution in [3.05, 3.63) is 35.5 Å². The topological polar surface area (TPSA) is 24.9 Å². The number of anilines is 1. The van der Waals surface area contributed by atoms with Crippen LogP contribution in [0.4, 0.5) is 5.69 Å². The second-order valence-corrected chi connectivity index (χ2v) is 5.26. The first-order valence-electron chi connectivity index (χ1n) is 5.61. The molecule has 0 spiro atoms. The number of aromatic nitrogens is 1. The summed E-state index contributed by atoms with van der Waals surface area (Å²) in [5, 5.41) is 5.33.